The Morgan fingerprint density at radius 2 is 1.53 bits per heavy atom. The zero-order valence-electron chi connectivity index (χ0n) is 13.3. The predicted octanol–water partition coefficient (Wildman–Crippen LogP) is 6.44. The van der Waals surface area contributed by atoms with Gasteiger partial charge in [-0.2, -0.15) is 0 Å². The Morgan fingerprint density at radius 1 is 1.11 bits per heavy atom. The maximum Gasteiger partial charge on any atom is 0.00795 e. The van der Waals surface area contributed by atoms with Crippen LogP contribution in [0.2, 0.25) is 0 Å². The van der Waals surface area contributed by atoms with Crippen molar-refractivity contribution in [3.63, 3.8) is 0 Å². The van der Waals surface area contributed by atoms with Gasteiger partial charge in [0.2, 0.25) is 0 Å². The van der Waals surface area contributed by atoms with Gasteiger partial charge >= 0.3 is 0 Å². The highest BCUT2D eigenvalue weighted by atomic mass is 32.2. The highest BCUT2D eigenvalue weighted by Gasteiger charge is 1.93. The van der Waals surface area contributed by atoms with E-state index in [1.807, 2.05) is 26.8 Å². The van der Waals surface area contributed by atoms with Crippen LogP contribution in [0.25, 0.3) is 0 Å². The van der Waals surface area contributed by atoms with E-state index in [9.17, 15) is 0 Å². The summed E-state index contributed by atoms with van der Waals surface area (Å²) in [6, 6.07) is 0. The second-order valence-electron chi connectivity index (χ2n) is 3.08. The minimum absolute atomic E-state index is 0.750. The second-order valence-corrected chi connectivity index (χ2v) is 3.44. The third kappa shape index (κ3) is 17.0. The van der Waals surface area contributed by atoms with Crippen molar-refractivity contribution in [2.24, 2.45) is 0 Å². The zero-order chi connectivity index (χ0) is 15.5. The molecular weight excluding hydrogens is 252 g/mol. The van der Waals surface area contributed by atoms with Crippen LogP contribution in [0.5, 0.6) is 0 Å². The van der Waals surface area contributed by atoms with E-state index in [1.165, 1.54) is 11.1 Å². The molecule has 0 bridgehead atoms. The molecule has 0 saturated heterocycles. The fourth-order valence-corrected chi connectivity index (χ4v) is 1.13. The Morgan fingerprint density at radius 3 is 1.84 bits per heavy atom. The topological polar surface area (TPSA) is 20.2 Å². The fourth-order valence-electron chi connectivity index (χ4n) is 1.13. The van der Waals surface area contributed by atoms with E-state index in [0.717, 1.165) is 18.5 Å². The minimum atomic E-state index is 0.750. The Kier molecular flexibility index (Phi) is 27.0. The molecule has 0 aliphatic carbocycles. The van der Waals surface area contributed by atoms with E-state index in [-0.39, 0.29) is 0 Å². The first-order valence-electron chi connectivity index (χ1n) is 6.67. The van der Waals surface area contributed by atoms with Crippen LogP contribution >= 0.6 is 12.0 Å². The van der Waals surface area contributed by atoms with Gasteiger partial charge in [-0.05, 0) is 43.5 Å². The number of rotatable bonds is 5. The molecule has 0 fully saturated rings. The first kappa shape index (κ1) is 23.1. The first-order chi connectivity index (χ1) is 9.21. The Labute approximate surface area is 124 Å². The van der Waals surface area contributed by atoms with Crippen molar-refractivity contribution in [1.82, 2.24) is 0 Å². The largest absolute Gasteiger partial charge is 0.330 e. The van der Waals surface area contributed by atoms with Gasteiger partial charge in [-0.3, -0.25) is 0 Å². The molecule has 0 unspecified atom stereocenters. The first-order valence-corrected chi connectivity index (χ1v) is 7.86. The van der Waals surface area contributed by atoms with E-state index in [1.54, 1.807) is 12.3 Å². The maximum absolute atomic E-state index is 7.49. The zero-order valence-corrected chi connectivity index (χ0v) is 14.1. The van der Waals surface area contributed by atoms with E-state index < -0.39 is 0 Å². The van der Waals surface area contributed by atoms with Gasteiger partial charge in [-0.1, -0.05) is 69.9 Å². The normalized spacial score (nSPS) is 11.7. The van der Waals surface area contributed by atoms with Crippen molar-refractivity contribution in [1.29, 1.82) is 0 Å². The third-order valence-electron chi connectivity index (χ3n) is 1.90. The molecule has 0 atom stereocenters. The molecule has 19 heavy (non-hydrogen) atoms. The molecule has 2 heteroatoms. The lowest BCUT2D eigenvalue weighted by Crippen LogP contribution is -1.81. The molecule has 0 heterocycles. The highest BCUT2D eigenvalue weighted by molar-refractivity contribution is 7.93. The van der Waals surface area contributed by atoms with Crippen molar-refractivity contribution in [3.05, 3.63) is 60.3 Å². The smallest absolute Gasteiger partial charge is 0.00795 e. The molecule has 0 aromatic heterocycles. The van der Waals surface area contributed by atoms with Crippen LogP contribution < -0.4 is 0 Å². The van der Waals surface area contributed by atoms with Crippen molar-refractivity contribution >= 4 is 12.0 Å². The summed E-state index contributed by atoms with van der Waals surface area (Å²) < 4.78 is 7.49. The summed E-state index contributed by atoms with van der Waals surface area (Å²) in [6.45, 7) is 13.9. The van der Waals surface area contributed by atoms with E-state index in [2.05, 4.69) is 50.8 Å². The molecule has 0 aromatic carbocycles. The van der Waals surface area contributed by atoms with Crippen molar-refractivity contribution in [2.75, 3.05) is 6.26 Å². The monoisotopic (exact) mass is 282 g/mol. The van der Waals surface area contributed by atoms with Crippen LogP contribution in [-0.2, 0) is 0 Å². The summed E-state index contributed by atoms with van der Waals surface area (Å²) >= 11 is 0.750. The van der Waals surface area contributed by atoms with Gasteiger partial charge in [-0.15, -0.1) is 0 Å². The molecule has 0 radical (unpaired) electrons. The van der Waals surface area contributed by atoms with E-state index >= 15 is 0 Å². The van der Waals surface area contributed by atoms with Crippen molar-refractivity contribution < 1.29 is 4.55 Å². The Hall–Kier alpha value is -0.990. The van der Waals surface area contributed by atoms with Crippen LogP contribution in [0.3, 0.4) is 0 Å². The van der Waals surface area contributed by atoms with Crippen LogP contribution in [0.15, 0.2) is 60.3 Å². The quantitative estimate of drug-likeness (QED) is 0.462. The summed E-state index contributed by atoms with van der Waals surface area (Å²) in [5.41, 5.74) is 2.49. The molecule has 1 N–H and O–H groups in total. The van der Waals surface area contributed by atoms with Crippen LogP contribution in [0, 0.1) is 0 Å². The molecule has 0 spiro atoms. The maximum atomic E-state index is 7.49. The summed E-state index contributed by atoms with van der Waals surface area (Å²) in [5.74, 6) is 0. The third-order valence-corrected chi connectivity index (χ3v) is 1.90. The van der Waals surface area contributed by atoms with Gasteiger partial charge in [0.1, 0.15) is 0 Å². The summed E-state index contributed by atoms with van der Waals surface area (Å²) in [5, 5.41) is 0. The second kappa shape index (κ2) is 22.2. The van der Waals surface area contributed by atoms with E-state index in [4.69, 9.17) is 4.55 Å². The number of hydrogen-bond donors (Lipinski definition) is 1. The fraction of sp³-hybridized carbons (Fsp3) is 0.412. The Balaban J connectivity index is -0.000000445. The van der Waals surface area contributed by atoms with Gasteiger partial charge in [0.25, 0.3) is 0 Å². The molecule has 110 valence electrons. The lowest BCUT2D eigenvalue weighted by atomic mass is 10.0. The summed E-state index contributed by atoms with van der Waals surface area (Å²) in [6.07, 6.45) is 17.0. The average molecular weight is 282 g/mol. The molecule has 0 rings (SSSR count). The van der Waals surface area contributed by atoms with Crippen molar-refractivity contribution in [2.45, 2.75) is 41.0 Å². The van der Waals surface area contributed by atoms with Crippen LogP contribution in [0.4, 0.5) is 0 Å². The summed E-state index contributed by atoms with van der Waals surface area (Å²) in [7, 11) is 0. The molecule has 0 aromatic rings. The standard InChI is InChI=1S/C14H20.C2H6.CH4OS/c1-5-9-11-13(7-3)14(8-4)12-10-6-2;1-2;1-3-2/h5,7-12H,1,6H2,2-4H3;1-2H3;2H,1H3/b11-9-,12-10-,13-7+,14-8+;;. The molecule has 0 aliphatic heterocycles. The molecule has 0 aliphatic rings. The average Bonchev–Trinajstić information content (AvgIpc) is 2.45. The van der Waals surface area contributed by atoms with Crippen molar-refractivity contribution in [3.8, 4) is 0 Å². The minimum Gasteiger partial charge on any atom is -0.330 e. The van der Waals surface area contributed by atoms with Gasteiger partial charge in [0.05, 0.1) is 0 Å². The Bertz CT molecular complexity index is 296. The molecule has 0 saturated carbocycles. The lowest BCUT2D eigenvalue weighted by molar-refractivity contribution is 0.669. The van der Waals surface area contributed by atoms with Crippen LogP contribution in [0.1, 0.15) is 41.0 Å². The summed E-state index contributed by atoms with van der Waals surface area (Å²) in [4.78, 5) is 0. The van der Waals surface area contributed by atoms with Gasteiger partial charge in [0.15, 0.2) is 0 Å². The highest BCUT2D eigenvalue weighted by Crippen LogP contribution is 2.13. The van der Waals surface area contributed by atoms with E-state index in [0.29, 0.717) is 0 Å². The van der Waals surface area contributed by atoms with Gasteiger partial charge in [0, 0.05) is 6.26 Å². The predicted molar refractivity (Wildman–Crippen MR) is 93.8 cm³/mol. The lowest BCUT2D eigenvalue weighted by Gasteiger charge is -2.01. The molecule has 0 amide bonds. The molecule has 1 nitrogen and oxygen atoms in total. The van der Waals surface area contributed by atoms with Gasteiger partial charge < -0.3 is 4.55 Å². The van der Waals surface area contributed by atoms with Gasteiger partial charge in [-0.25, -0.2) is 0 Å². The van der Waals surface area contributed by atoms with Crippen LogP contribution in [-0.4, -0.2) is 10.8 Å². The number of hydrogen-bond acceptors (Lipinski definition) is 2. The number of allylic oxidation sites excluding steroid dienone is 9. The molecular formula is C17H30OS. The SMILES string of the molecule is C=C\C=C/C(=C\C)C(/C=C\CC)=C/C.CC.CSO.